The SMILES string of the molecule is Oc1ccc2cc(-c3ccc(Cn4ccnc4)cc3)ccc2c1. The average molecular weight is 300 g/mol. The van der Waals surface area contributed by atoms with Crippen LogP contribution in [-0.2, 0) is 6.54 Å². The van der Waals surface area contributed by atoms with E-state index < -0.39 is 0 Å². The maximum atomic E-state index is 9.55. The highest BCUT2D eigenvalue weighted by Gasteiger charge is 2.02. The Bertz CT molecular complexity index is 941. The van der Waals surface area contributed by atoms with E-state index in [9.17, 15) is 5.11 Å². The van der Waals surface area contributed by atoms with Crippen LogP contribution in [0.2, 0.25) is 0 Å². The van der Waals surface area contributed by atoms with Gasteiger partial charge in [0.15, 0.2) is 0 Å². The van der Waals surface area contributed by atoms with Gasteiger partial charge in [-0.25, -0.2) is 4.98 Å². The highest BCUT2D eigenvalue weighted by Crippen LogP contribution is 2.27. The lowest BCUT2D eigenvalue weighted by Gasteiger charge is -2.07. The zero-order valence-electron chi connectivity index (χ0n) is 12.6. The summed E-state index contributed by atoms with van der Waals surface area (Å²) in [6.07, 6.45) is 5.58. The normalized spacial score (nSPS) is 11.0. The lowest BCUT2D eigenvalue weighted by molar-refractivity contribution is 0.476. The Labute approximate surface area is 134 Å². The Morgan fingerprint density at radius 1 is 0.826 bits per heavy atom. The Morgan fingerprint density at radius 2 is 1.57 bits per heavy atom. The van der Waals surface area contributed by atoms with Crippen molar-refractivity contribution in [2.45, 2.75) is 6.54 Å². The van der Waals surface area contributed by atoms with Gasteiger partial charge in [-0.3, -0.25) is 0 Å². The predicted molar refractivity (Wildman–Crippen MR) is 92.4 cm³/mol. The second-order valence-electron chi connectivity index (χ2n) is 5.68. The molecule has 23 heavy (non-hydrogen) atoms. The van der Waals surface area contributed by atoms with E-state index >= 15 is 0 Å². The second kappa shape index (κ2) is 5.61. The molecule has 0 aliphatic carbocycles. The molecule has 0 aliphatic heterocycles. The number of fused-ring (bicyclic) bond motifs is 1. The standard InChI is InChI=1S/C20H16N2O/c23-20-8-7-18-11-17(5-6-19(18)12-20)16-3-1-15(2-4-16)13-22-10-9-21-14-22/h1-12,14,23H,13H2. The van der Waals surface area contributed by atoms with Crippen LogP contribution in [0.3, 0.4) is 0 Å². The molecule has 0 unspecified atom stereocenters. The summed E-state index contributed by atoms with van der Waals surface area (Å²) in [5, 5.41) is 11.7. The first kappa shape index (κ1) is 13.6. The molecular weight excluding hydrogens is 284 g/mol. The lowest BCUT2D eigenvalue weighted by atomic mass is 10.00. The fourth-order valence-electron chi connectivity index (χ4n) is 2.81. The molecular formula is C20H16N2O. The van der Waals surface area contributed by atoms with E-state index in [1.165, 1.54) is 16.7 Å². The number of benzene rings is 3. The number of nitrogens with zero attached hydrogens (tertiary/aromatic N) is 2. The third kappa shape index (κ3) is 2.81. The van der Waals surface area contributed by atoms with Gasteiger partial charge in [-0.15, -0.1) is 0 Å². The summed E-state index contributed by atoms with van der Waals surface area (Å²) >= 11 is 0. The molecule has 0 saturated heterocycles. The third-order valence-electron chi connectivity index (χ3n) is 4.04. The number of phenolic OH excluding ortho intramolecular Hbond substituents is 1. The molecule has 3 aromatic carbocycles. The molecule has 1 N–H and O–H groups in total. The molecule has 1 aromatic heterocycles. The van der Waals surface area contributed by atoms with Crippen LogP contribution in [0.1, 0.15) is 5.56 Å². The molecule has 0 radical (unpaired) electrons. The van der Waals surface area contributed by atoms with Crippen LogP contribution >= 0.6 is 0 Å². The Morgan fingerprint density at radius 3 is 2.35 bits per heavy atom. The van der Waals surface area contributed by atoms with E-state index in [0.29, 0.717) is 5.75 Å². The first-order chi connectivity index (χ1) is 11.3. The fraction of sp³-hybridized carbons (Fsp3) is 0.0500. The van der Waals surface area contributed by atoms with E-state index in [4.69, 9.17) is 0 Å². The van der Waals surface area contributed by atoms with Crippen LogP contribution in [0.15, 0.2) is 79.4 Å². The van der Waals surface area contributed by atoms with Gasteiger partial charge in [0, 0.05) is 18.9 Å². The molecule has 0 saturated carbocycles. The van der Waals surface area contributed by atoms with Gasteiger partial charge < -0.3 is 9.67 Å². The topological polar surface area (TPSA) is 38.0 Å². The lowest BCUT2D eigenvalue weighted by Crippen LogP contribution is -1.95. The van der Waals surface area contributed by atoms with Gasteiger partial charge in [-0.05, 0) is 45.7 Å². The van der Waals surface area contributed by atoms with Crippen molar-refractivity contribution >= 4 is 10.8 Å². The van der Waals surface area contributed by atoms with Gasteiger partial charge in [-0.2, -0.15) is 0 Å². The van der Waals surface area contributed by atoms with Crippen molar-refractivity contribution < 1.29 is 5.11 Å². The van der Waals surface area contributed by atoms with Crippen molar-refractivity contribution in [1.29, 1.82) is 0 Å². The van der Waals surface area contributed by atoms with Crippen molar-refractivity contribution in [3.8, 4) is 16.9 Å². The number of imidazole rings is 1. The molecule has 0 fully saturated rings. The van der Waals surface area contributed by atoms with Crippen LogP contribution in [0.4, 0.5) is 0 Å². The Balaban J connectivity index is 1.63. The fourth-order valence-corrected chi connectivity index (χ4v) is 2.81. The average Bonchev–Trinajstić information content (AvgIpc) is 3.08. The van der Waals surface area contributed by atoms with Gasteiger partial charge in [0.05, 0.1) is 6.33 Å². The maximum absolute atomic E-state index is 9.55. The number of hydrogen-bond acceptors (Lipinski definition) is 2. The smallest absolute Gasteiger partial charge is 0.116 e. The monoisotopic (exact) mass is 300 g/mol. The molecule has 0 spiro atoms. The summed E-state index contributed by atoms with van der Waals surface area (Å²) in [5.41, 5.74) is 3.61. The van der Waals surface area contributed by atoms with Crippen LogP contribution in [-0.4, -0.2) is 14.7 Å². The molecule has 0 bridgehead atoms. The molecule has 0 amide bonds. The van der Waals surface area contributed by atoms with Gasteiger partial charge in [-0.1, -0.05) is 42.5 Å². The number of aromatic hydroxyl groups is 1. The molecule has 0 aliphatic rings. The van der Waals surface area contributed by atoms with Crippen LogP contribution < -0.4 is 0 Å². The zero-order valence-corrected chi connectivity index (χ0v) is 12.6. The highest BCUT2D eigenvalue weighted by atomic mass is 16.3. The Hall–Kier alpha value is -3.07. The van der Waals surface area contributed by atoms with Gasteiger partial charge in [0.1, 0.15) is 5.75 Å². The summed E-state index contributed by atoms with van der Waals surface area (Å²) < 4.78 is 2.05. The van der Waals surface area contributed by atoms with Crippen LogP contribution in [0.5, 0.6) is 5.75 Å². The van der Waals surface area contributed by atoms with Crippen molar-refractivity contribution in [2.75, 3.05) is 0 Å². The van der Waals surface area contributed by atoms with Gasteiger partial charge >= 0.3 is 0 Å². The first-order valence-electron chi connectivity index (χ1n) is 7.56. The van der Waals surface area contributed by atoms with Gasteiger partial charge in [0.2, 0.25) is 0 Å². The van der Waals surface area contributed by atoms with E-state index in [2.05, 4.69) is 45.9 Å². The minimum atomic E-state index is 0.300. The molecule has 1 heterocycles. The third-order valence-corrected chi connectivity index (χ3v) is 4.04. The molecule has 112 valence electrons. The zero-order chi connectivity index (χ0) is 15.6. The number of rotatable bonds is 3. The van der Waals surface area contributed by atoms with Gasteiger partial charge in [0.25, 0.3) is 0 Å². The van der Waals surface area contributed by atoms with Crippen molar-refractivity contribution in [1.82, 2.24) is 9.55 Å². The number of aromatic nitrogens is 2. The second-order valence-corrected chi connectivity index (χ2v) is 5.68. The molecule has 3 nitrogen and oxygen atoms in total. The maximum Gasteiger partial charge on any atom is 0.116 e. The summed E-state index contributed by atoms with van der Waals surface area (Å²) in [6, 6.07) is 20.3. The predicted octanol–water partition coefficient (Wildman–Crippen LogP) is 4.46. The summed E-state index contributed by atoms with van der Waals surface area (Å²) in [7, 11) is 0. The van der Waals surface area contributed by atoms with Crippen molar-refractivity contribution in [2.24, 2.45) is 0 Å². The Kier molecular flexibility index (Phi) is 3.31. The largest absolute Gasteiger partial charge is 0.508 e. The highest BCUT2D eigenvalue weighted by molar-refractivity contribution is 5.88. The van der Waals surface area contributed by atoms with E-state index in [-0.39, 0.29) is 0 Å². The van der Waals surface area contributed by atoms with E-state index in [1.807, 2.05) is 24.7 Å². The molecule has 4 rings (SSSR count). The molecule has 4 aromatic rings. The van der Waals surface area contributed by atoms with E-state index in [1.54, 1.807) is 18.3 Å². The summed E-state index contributed by atoms with van der Waals surface area (Å²) in [5.74, 6) is 0.300. The quantitative estimate of drug-likeness (QED) is 0.606. The minimum Gasteiger partial charge on any atom is -0.508 e. The summed E-state index contributed by atoms with van der Waals surface area (Å²) in [6.45, 7) is 0.831. The van der Waals surface area contributed by atoms with Crippen LogP contribution in [0, 0.1) is 0 Å². The molecule has 3 heteroatoms. The van der Waals surface area contributed by atoms with Crippen molar-refractivity contribution in [3.63, 3.8) is 0 Å². The van der Waals surface area contributed by atoms with Crippen LogP contribution in [0.25, 0.3) is 21.9 Å². The molecule has 0 atom stereocenters. The summed E-state index contributed by atoms with van der Waals surface area (Å²) in [4.78, 5) is 4.06. The minimum absolute atomic E-state index is 0.300. The van der Waals surface area contributed by atoms with E-state index in [0.717, 1.165) is 17.3 Å². The first-order valence-corrected chi connectivity index (χ1v) is 7.56. The van der Waals surface area contributed by atoms with Crippen molar-refractivity contribution in [3.05, 3.63) is 84.9 Å². The number of phenols is 1. The number of hydrogen-bond donors (Lipinski definition) is 1.